The second-order valence-electron chi connectivity index (χ2n) is 5.37. The lowest BCUT2D eigenvalue weighted by Gasteiger charge is -2.17. The van der Waals surface area contributed by atoms with E-state index in [-0.39, 0.29) is 6.04 Å². The van der Waals surface area contributed by atoms with Gasteiger partial charge in [-0.15, -0.1) is 0 Å². The molecule has 0 saturated heterocycles. The van der Waals surface area contributed by atoms with Crippen molar-refractivity contribution in [3.8, 4) is 0 Å². The fourth-order valence-corrected chi connectivity index (χ4v) is 2.31. The summed E-state index contributed by atoms with van der Waals surface area (Å²) in [4.78, 5) is 13.4. The summed E-state index contributed by atoms with van der Waals surface area (Å²) in [6.45, 7) is 8.31. The van der Waals surface area contributed by atoms with E-state index in [1.165, 1.54) is 0 Å². The number of imidazole rings is 1. The number of rotatable bonds is 8. The Bertz CT molecular complexity index is 532. The Morgan fingerprint density at radius 3 is 2.57 bits per heavy atom. The van der Waals surface area contributed by atoms with Crippen LogP contribution in [0.25, 0.3) is 0 Å². The van der Waals surface area contributed by atoms with Gasteiger partial charge in [-0.05, 0) is 31.9 Å². The third kappa shape index (κ3) is 4.36. The lowest BCUT2D eigenvalue weighted by atomic mass is 10.1. The Morgan fingerprint density at radius 1 is 1.14 bits per heavy atom. The van der Waals surface area contributed by atoms with Gasteiger partial charge in [0.2, 0.25) is 0 Å². The molecule has 0 fully saturated rings. The smallest absolute Gasteiger partial charge is 0.145 e. The van der Waals surface area contributed by atoms with Gasteiger partial charge in [-0.3, -0.25) is 0 Å². The van der Waals surface area contributed by atoms with Crippen LogP contribution < -0.4 is 5.32 Å². The van der Waals surface area contributed by atoms with E-state index < -0.39 is 0 Å². The Morgan fingerprint density at radius 2 is 1.90 bits per heavy atom. The highest BCUT2D eigenvalue weighted by Crippen LogP contribution is 2.14. The van der Waals surface area contributed by atoms with Gasteiger partial charge in [-0.1, -0.05) is 13.8 Å². The van der Waals surface area contributed by atoms with Crippen molar-refractivity contribution in [1.29, 1.82) is 0 Å². The largest absolute Gasteiger partial charge is 0.335 e. The SMILES string of the molecule is CCCNC(Cc1nccn1CCC)c1ncc(C)cn1. The minimum Gasteiger partial charge on any atom is -0.335 e. The molecule has 2 aromatic heterocycles. The first kappa shape index (κ1) is 15.6. The molecule has 1 N–H and O–H groups in total. The molecule has 0 saturated carbocycles. The Labute approximate surface area is 126 Å². The number of nitrogens with one attached hydrogen (secondary N) is 1. The first-order chi connectivity index (χ1) is 10.2. The van der Waals surface area contributed by atoms with Gasteiger partial charge >= 0.3 is 0 Å². The third-order valence-electron chi connectivity index (χ3n) is 3.41. The number of hydrogen-bond donors (Lipinski definition) is 1. The second-order valence-corrected chi connectivity index (χ2v) is 5.37. The highest BCUT2D eigenvalue weighted by molar-refractivity contribution is 5.07. The van der Waals surface area contributed by atoms with Crippen molar-refractivity contribution in [3.05, 3.63) is 42.0 Å². The Balaban J connectivity index is 2.15. The van der Waals surface area contributed by atoms with E-state index in [0.717, 1.165) is 49.6 Å². The van der Waals surface area contributed by atoms with Crippen molar-refractivity contribution in [3.63, 3.8) is 0 Å². The lowest BCUT2D eigenvalue weighted by molar-refractivity contribution is 0.481. The summed E-state index contributed by atoms with van der Waals surface area (Å²) in [5.74, 6) is 1.94. The molecule has 5 nitrogen and oxygen atoms in total. The van der Waals surface area contributed by atoms with Gasteiger partial charge in [0.25, 0.3) is 0 Å². The van der Waals surface area contributed by atoms with Crippen LogP contribution in [-0.4, -0.2) is 26.1 Å². The van der Waals surface area contributed by atoms with Gasteiger partial charge in [-0.2, -0.15) is 0 Å². The highest BCUT2D eigenvalue weighted by Gasteiger charge is 2.17. The zero-order chi connectivity index (χ0) is 15.1. The zero-order valence-corrected chi connectivity index (χ0v) is 13.2. The van der Waals surface area contributed by atoms with Gasteiger partial charge < -0.3 is 9.88 Å². The summed E-state index contributed by atoms with van der Waals surface area (Å²) in [6.07, 6.45) is 10.7. The van der Waals surface area contributed by atoms with Crippen molar-refractivity contribution in [2.45, 2.75) is 52.6 Å². The maximum absolute atomic E-state index is 4.49. The fourth-order valence-electron chi connectivity index (χ4n) is 2.31. The van der Waals surface area contributed by atoms with Gasteiger partial charge in [0.05, 0.1) is 6.04 Å². The number of hydrogen-bond acceptors (Lipinski definition) is 4. The molecular formula is C16H25N5. The van der Waals surface area contributed by atoms with E-state index >= 15 is 0 Å². The Hall–Kier alpha value is -1.75. The molecule has 0 amide bonds. The van der Waals surface area contributed by atoms with Crippen LogP contribution in [-0.2, 0) is 13.0 Å². The van der Waals surface area contributed by atoms with Gasteiger partial charge in [0, 0.05) is 37.8 Å². The monoisotopic (exact) mass is 287 g/mol. The summed E-state index contributed by atoms with van der Waals surface area (Å²) < 4.78 is 2.22. The molecule has 0 radical (unpaired) electrons. The average Bonchev–Trinajstić information content (AvgIpc) is 2.92. The van der Waals surface area contributed by atoms with E-state index in [2.05, 4.69) is 38.7 Å². The number of nitrogens with zero attached hydrogens (tertiary/aromatic N) is 4. The molecule has 0 aliphatic carbocycles. The average molecular weight is 287 g/mol. The van der Waals surface area contributed by atoms with Crippen LogP contribution in [0.4, 0.5) is 0 Å². The molecule has 0 bridgehead atoms. The van der Waals surface area contributed by atoms with Crippen molar-refractivity contribution in [2.24, 2.45) is 0 Å². The second kappa shape index (κ2) is 7.88. The van der Waals surface area contributed by atoms with Crippen LogP contribution in [0.5, 0.6) is 0 Å². The molecule has 1 unspecified atom stereocenters. The highest BCUT2D eigenvalue weighted by atomic mass is 15.1. The summed E-state index contributed by atoms with van der Waals surface area (Å²) in [5.41, 5.74) is 1.08. The summed E-state index contributed by atoms with van der Waals surface area (Å²) in [6, 6.07) is 0.114. The molecule has 0 aliphatic heterocycles. The summed E-state index contributed by atoms with van der Waals surface area (Å²) >= 11 is 0. The van der Waals surface area contributed by atoms with Crippen LogP contribution in [0.2, 0.25) is 0 Å². The van der Waals surface area contributed by atoms with Crippen LogP contribution in [0.1, 0.15) is 49.9 Å². The number of aryl methyl sites for hydroxylation is 2. The van der Waals surface area contributed by atoms with Crippen molar-refractivity contribution >= 4 is 0 Å². The van der Waals surface area contributed by atoms with Crippen molar-refractivity contribution in [2.75, 3.05) is 6.54 Å². The van der Waals surface area contributed by atoms with Gasteiger partial charge in [0.1, 0.15) is 11.6 Å². The summed E-state index contributed by atoms with van der Waals surface area (Å²) in [7, 11) is 0. The quantitative estimate of drug-likeness (QED) is 0.811. The molecule has 0 aliphatic rings. The first-order valence-corrected chi connectivity index (χ1v) is 7.76. The van der Waals surface area contributed by atoms with E-state index in [4.69, 9.17) is 0 Å². The maximum Gasteiger partial charge on any atom is 0.145 e. The number of aromatic nitrogens is 4. The predicted molar refractivity (Wildman–Crippen MR) is 84.0 cm³/mol. The van der Waals surface area contributed by atoms with Crippen LogP contribution in [0.15, 0.2) is 24.8 Å². The normalized spacial score (nSPS) is 12.5. The van der Waals surface area contributed by atoms with E-state index in [1.807, 2.05) is 31.7 Å². The molecule has 2 aromatic rings. The van der Waals surface area contributed by atoms with E-state index in [1.54, 1.807) is 0 Å². The molecule has 5 heteroatoms. The third-order valence-corrected chi connectivity index (χ3v) is 3.41. The van der Waals surface area contributed by atoms with Crippen LogP contribution >= 0.6 is 0 Å². The van der Waals surface area contributed by atoms with E-state index in [9.17, 15) is 0 Å². The van der Waals surface area contributed by atoms with Crippen molar-refractivity contribution < 1.29 is 0 Å². The molecule has 0 spiro atoms. The standard InChI is InChI=1S/C16H25N5/c1-4-6-17-14(16-19-11-13(3)12-20-16)10-15-18-7-9-21(15)8-5-2/h7,9,11-12,14,17H,4-6,8,10H2,1-3H3. The lowest BCUT2D eigenvalue weighted by Crippen LogP contribution is -2.27. The first-order valence-electron chi connectivity index (χ1n) is 7.76. The van der Waals surface area contributed by atoms with Gasteiger partial charge in [0.15, 0.2) is 0 Å². The molecular weight excluding hydrogens is 262 g/mol. The summed E-state index contributed by atoms with van der Waals surface area (Å²) in [5, 5.41) is 3.53. The molecule has 114 valence electrons. The van der Waals surface area contributed by atoms with Crippen LogP contribution in [0.3, 0.4) is 0 Å². The molecule has 1 atom stereocenters. The topological polar surface area (TPSA) is 55.6 Å². The zero-order valence-electron chi connectivity index (χ0n) is 13.2. The van der Waals surface area contributed by atoms with Crippen LogP contribution in [0, 0.1) is 6.92 Å². The Kier molecular flexibility index (Phi) is 5.87. The van der Waals surface area contributed by atoms with Gasteiger partial charge in [-0.25, -0.2) is 15.0 Å². The maximum atomic E-state index is 4.49. The molecule has 2 heterocycles. The minimum absolute atomic E-state index is 0.114. The molecule has 0 aromatic carbocycles. The van der Waals surface area contributed by atoms with E-state index in [0.29, 0.717) is 0 Å². The fraction of sp³-hybridized carbons (Fsp3) is 0.562. The molecule has 2 rings (SSSR count). The van der Waals surface area contributed by atoms with Crippen molar-refractivity contribution in [1.82, 2.24) is 24.8 Å². The predicted octanol–water partition coefficient (Wildman–Crippen LogP) is 2.67. The molecule has 21 heavy (non-hydrogen) atoms. The minimum atomic E-state index is 0.114.